The highest BCUT2D eigenvalue weighted by molar-refractivity contribution is 7.99. The second kappa shape index (κ2) is 6.47. The number of pyridine rings is 1. The fourth-order valence-electron chi connectivity index (χ4n) is 2.78. The van der Waals surface area contributed by atoms with Gasteiger partial charge in [-0.1, -0.05) is 6.07 Å². The Labute approximate surface area is 128 Å². The van der Waals surface area contributed by atoms with Gasteiger partial charge >= 0.3 is 0 Å². The molecule has 6 heteroatoms. The zero-order valence-electron chi connectivity index (χ0n) is 11.8. The van der Waals surface area contributed by atoms with Crippen LogP contribution in [0.5, 0.6) is 0 Å². The molecule has 2 atom stereocenters. The van der Waals surface area contributed by atoms with E-state index in [0.29, 0.717) is 19.5 Å². The number of amides is 2. The molecule has 0 radical (unpaired) electrons. The summed E-state index contributed by atoms with van der Waals surface area (Å²) in [6.45, 7) is 1.05. The van der Waals surface area contributed by atoms with Crippen molar-refractivity contribution in [2.45, 2.75) is 25.4 Å². The summed E-state index contributed by atoms with van der Waals surface area (Å²) in [7, 11) is 0. The lowest BCUT2D eigenvalue weighted by Crippen LogP contribution is -2.39. The van der Waals surface area contributed by atoms with Crippen molar-refractivity contribution >= 4 is 23.6 Å². The van der Waals surface area contributed by atoms with Gasteiger partial charge in [0, 0.05) is 43.7 Å². The first kappa shape index (κ1) is 14.4. The van der Waals surface area contributed by atoms with Crippen molar-refractivity contribution in [3.63, 3.8) is 0 Å². The first-order valence-corrected chi connectivity index (χ1v) is 8.42. The highest BCUT2D eigenvalue weighted by Gasteiger charge is 2.35. The minimum Gasteiger partial charge on any atom is -0.352 e. The Hall–Kier alpha value is -1.56. The van der Waals surface area contributed by atoms with Gasteiger partial charge in [0.2, 0.25) is 11.8 Å². The van der Waals surface area contributed by atoms with Crippen LogP contribution in [0.2, 0.25) is 0 Å². The van der Waals surface area contributed by atoms with Crippen LogP contribution >= 0.6 is 11.8 Å². The Kier molecular flexibility index (Phi) is 4.43. The molecule has 2 aliphatic rings. The number of hydrogen-bond donors (Lipinski definition) is 1. The second-order valence-corrected chi connectivity index (χ2v) is 6.76. The molecule has 0 bridgehead atoms. The van der Waals surface area contributed by atoms with Gasteiger partial charge in [0.25, 0.3) is 0 Å². The van der Waals surface area contributed by atoms with E-state index in [0.717, 1.165) is 23.5 Å². The lowest BCUT2D eigenvalue weighted by molar-refractivity contribution is -0.129. The molecule has 112 valence electrons. The molecule has 3 heterocycles. The molecule has 1 aromatic rings. The van der Waals surface area contributed by atoms with Crippen molar-refractivity contribution in [1.82, 2.24) is 15.2 Å². The van der Waals surface area contributed by atoms with Gasteiger partial charge in [-0.3, -0.25) is 14.6 Å². The van der Waals surface area contributed by atoms with Gasteiger partial charge in [-0.15, -0.1) is 0 Å². The Bertz CT molecular complexity index is 517. The largest absolute Gasteiger partial charge is 0.352 e. The standard InChI is InChI=1S/C15H19N3O2S/c19-14-6-12(15(20)17-13-3-5-21-10-13)9-18(14)8-11-2-1-4-16-7-11/h1-2,4,7,12-13H,3,5-6,8-10H2,(H,17,20). The Morgan fingerprint density at radius 2 is 2.43 bits per heavy atom. The summed E-state index contributed by atoms with van der Waals surface area (Å²) in [5.74, 6) is 1.98. The van der Waals surface area contributed by atoms with Crippen LogP contribution in [0.4, 0.5) is 0 Å². The minimum atomic E-state index is -0.209. The number of aromatic nitrogens is 1. The van der Waals surface area contributed by atoms with Crippen LogP contribution in [-0.2, 0) is 16.1 Å². The fourth-order valence-corrected chi connectivity index (χ4v) is 3.93. The van der Waals surface area contributed by atoms with Gasteiger partial charge in [-0.05, 0) is 23.8 Å². The Morgan fingerprint density at radius 1 is 1.52 bits per heavy atom. The summed E-state index contributed by atoms with van der Waals surface area (Å²) in [4.78, 5) is 30.1. The number of carbonyl (C=O) groups is 2. The lowest BCUT2D eigenvalue weighted by atomic mass is 10.1. The summed E-state index contributed by atoms with van der Waals surface area (Å²) in [5.41, 5.74) is 0.999. The van der Waals surface area contributed by atoms with Crippen molar-refractivity contribution in [3.05, 3.63) is 30.1 Å². The molecule has 1 N–H and O–H groups in total. The maximum absolute atomic E-state index is 12.2. The van der Waals surface area contributed by atoms with Crippen molar-refractivity contribution in [2.24, 2.45) is 5.92 Å². The third-order valence-electron chi connectivity index (χ3n) is 3.96. The van der Waals surface area contributed by atoms with E-state index in [4.69, 9.17) is 0 Å². The van der Waals surface area contributed by atoms with Crippen LogP contribution in [0.25, 0.3) is 0 Å². The fraction of sp³-hybridized carbons (Fsp3) is 0.533. The van der Waals surface area contributed by atoms with Crippen molar-refractivity contribution in [1.29, 1.82) is 0 Å². The predicted molar refractivity (Wildman–Crippen MR) is 81.6 cm³/mol. The monoisotopic (exact) mass is 305 g/mol. The number of nitrogens with one attached hydrogen (secondary N) is 1. The highest BCUT2D eigenvalue weighted by Crippen LogP contribution is 2.22. The topological polar surface area (TPSA) is 62.3 Å². The molecule has 1 aromatic heterocycles. The zero-order valence-corrected chi connectivity index (χ0v) is 12.6. The van der Waals surface area contributed by atoms with Gasteiger partial charge < -0.3 is 10.2 Å². The van der Waals surface area contributed by atoms with E-state index in [1.807, 2.05) is 23.9 Å². The number of hydrogen-bond acceptors (Lipinski definition) is 4. The van der Waals surface area contributed by atoms with Crippen molar-refractivity contribution < 1.29 is 9.59 Å². The van der Waals surface area contributed by atoms with Crippen LogP contribution in [0.1, 0.15) is 18.4 Å². The van der Waals surface area contributed by atoms with Crippen LogP contribution < -0.4 is 5.32 Å². The SMILES string of the molecule is O=C(NC1CCSC1)C1CC(=O)N(Cc2cccnc2)C1. The molecule has 0 saturated carbocycles. The van der Waals surface area contributed by atoms with E-state index < -0.39 is 0 Å². The first-order valence-electron chi connectivity index (χ1n) is 7.27. The molecule has 2 unspecified atom stereocenters. The molecule has 2 amide bonds. The van der Waals surface area contributed by atoms with Gasteiger partial charge in [-0.25, -0.2) is 0 Å². The summed E-state index contributed by atoms with van der Waals surface area (Å²) in [5, 5.41) is 3.07. The summed E-state index contributed by atoms with van der Waals surface area (Å²) < 4.78 is 0. The van der Waals surface area contributed by atoms with E-state index >= 15 is 0 Å². The van der Waals surface area contributed by atoms with Gasteiger partial charge in [0.15, 0.2) is 0 Å². The van der Waals surface area contributed by atoms with E-state index in [1.54, 1.807) is 17.3 Å². The molecule has 3 rings (SSSR count). The molecular formula is C15H19N3O2S. The number of rotatable bonds is 4. The van der Waals surface area contributed by atoms with Gasteiger partial charge in [0.1, 0.15) is 0 Å². The van der Waals surface area contributed by atoms with E-state index in [1.165, 1.54) is 0 Å². The van der Waals surface area contributed by atoms with Gasteiger partial charge in [0.05, 0.1) is 5.92 Å². The average molecular weight is 305 g/mol. The Balaban J connectivity index is 1.55. The molecule has 21 heavy (non-hydrogen) atoms. The van der Waals surface area contributed by atoms with E-state index in [9.17, 15) is 9.59 Å². The first-order chi connectivity index (χ1) is 10.2. The lowest BCUT2D eigenvalue weighted by Gasteiger charge is -2.17. The average Bonchev–Trinajstić information content (AvgIpc) is 3.11. The molecular weight excluding hydrogens is 286 g/mol. The quantitative estimate of drug-likeness (QED) is 0.903. The molecule has 2 fully saturated rings. The van der Waals surface area contributed by atoms with Crippen LogP contribution in [0, 0.1) is 5.92 Å². The normalized spacial score (nSPS) is 25.3. The molecule has 2 aliphatic heterocycles. The third kappa shape index (κ3) is 3.56. The second-order valence-electron chi connectivity index (χ2n) is 5.61. The van der Waals surface area contributed by atoms with Crippen LogP contribution in [0.3, 0.4) is 0 Å². The van der Waals surface area contributed by atoms with E-state index in [-0.39, 0.29) is 23.8 Å². The molecule has 0 spiro atoms. The van der Waals surface area contributed by atoms with Crippen molar-refractivity contribution in [3.8, 4) is 0 Å². The molecule has 2 saturated heterocycles. The maximum atomic E-state index is 12.2. The molecule has 0 aromatic carbocycles. The summed E-state index contributed by atoms with van der Waals surface area (Å²) in [6.07, 6.45) is 4.84. The molecule has 0 aliphatic carbocycles. The number of thioether (sulfide) groups is 1. The minimum absolute atomic E-state index is 0.0320. The van der Waals surface area contributed by atoms with Crippen LogP contribution in [-0.4, -0.2) is 45.8 Å². The third-order valence-corrected chi connectivity index (χ3v) is 5.12. The smallest absolute Gasteiger partial charge is 0.225 e. The van der Waals surface area contributed by atoms with Crippen molar-refractivity contribution in [2.75, 3.05) is 18.1 Å². The maximum Gasteiger partial charge on any atom is 0.225 e. The summed E-state index contributed by atoms with van der Waals surface area (Å²) >= 11 is 1.87. The van der Waals surface area contributed by atoms with E-state index in [2.05, 4.69) is 10.3 Å². The Morgan fingerprint density at radius 3 is 3.14 bits per heavy atom. The predicted octanol–water partition coefficient (Wildman–Crippen LogP) is 1.05. The van der Waals surface area contributed by atoms with Crippen LogP contribution in [0.15, 0.2) is 24.5 Å². The molecule has 5 nitrogen and oxygen atoms in total. The number of carbonyl (C=O) groups excluding carboxylic acids is 2. The number of nitrogens with zero attached hydrogens (tertiary/aromatic N) is 2. The zero-order chi connectivity index (χ0) is 14.7. The summed E-state index contributed by atoms with van der Waals surface area (Å²) in [6, 6.07) is 4.09. The highest BCUT2D eigenvalue weighted by atomic mass is 32.2. The van der Waals surface area contributed by atoms with Gasteiger partial charge in [-0.2, -0.15) is 11.8 Å². The number of likely N-dealkylation sites (tertiary alicyclic amines) is 1.